The molecule has 3 N–H and O–H groups in total. The molecule has 0 aliphatic rings. The second-order valence-electron chi connectivity index (χ2n) is 4.49. The molecule has 0 radical (unpaired) electrons. The molecule has 3 aromatic rings. The number of fused-ring (bicyclic) bond motifs is 1. The highest BCUT2D eigenvalue weighted by atomic mass is 16.5. The van der Waals surface area contributed by atoms with Crippen LogP contribution in [0.2, 0.25) is 0 Å². The SMILES string of the molecule is COc1ccc(N)c(Nc2ccc3ncccc3c2)c1. The standard InChI is InChI=1S/C16H15N3O/c1-20-13-5-6-14(17)16(10-13)19-12-4-7-15-11(9-12)3-2-8-18-15/h2-10,19H,17H2,1H3. The van der Waals surface area contributed by atoms with Crippen molar-refractivity contribution in [2.75, 3.05) is 18.2 Å². The Morgan fingerprint density at radius 3 is 2.85 bits per heavy atom. The van der Waals surface area contributed by atoms with Gasteiger partial charge >= 0.3 is 0 Å². The van der Waals surface area contributed by atoms with Crippen LogP contribution in [0.15, 0.2) is 54.7 Å². The first-order valence-electron chi connectivity index (χ1n) is 6.31. The quantitative estimate of drug-likeness (QED) is 0.711. The van der Waals surface area contributed by atoms with Crippen LogP contribution in [0.3, 0.4) is 0 Å². The molecule has 0 unspecified atom stereocenters. The summed E-state index contributed by atoms with van der Waals surface area (Å²) in [5.74, 6) is 0.768. The number of benzene rings is 2. The normalized spacial score (nSPS) is 10.4. The molecule has 0 aliphatic heterocycles. The maximum atomic E-state index is 5.97. The van der Waals surface area contributed by atoms with Gasteiger partial charge in [-0.15, -0.1) is 0 Å². The largest absolute Gasteiger partial charge is 0.497 e. The van der Waals surface area contributed by atoms with Gasteiger partial charge in [0.25, 0.3) is 0 Å². The Morgan fingerprint density at radius 2 is 2.00 bits per heavy atom. The molecule has 1 heterocycles. The molecule has 0 aliphatic carbocycles. The highest BCUT2D eigenvalue weighted by Crippen LogP contribution is 2.28. The van der Waals surface area contributed by atoms with E-state index in [1.165, 1.54) is 0 Å². The molecule has 20 heavy (non-hydrogen) atoms. The van der Waals surface area contributed by atoms with E-state index in [0.29, 0.717) is 5.69 Å². The number of hydrogen-bond acceptors (Lipinski definition) is 4. The molecule has 0 spiro atoms. The number of nitrogens with two attached hydrogens (primary N) is 1. The molecule has 1 aromatic heterocycles. The summed E-state index contributed by atoms with van der Waals surface area (Å²) in [7, 11) is 1.64. The number of rotatable bonds is 3. The second-order valence-corrected chi connectivity index (χ2v) is 4.49. The Kier molecular flexibility index (Phi) is 3.13. The van der Waals surface area contributed by atoms with E-state index in [0.717, 1.165) is 28.0 Å². The minimum atomic E-state index is 0.678. The van der Waals surface area contributed by atoms with Crippen LogP contribution in [-0.2, 0) is 0 Å². The van der Waals surface area contributed by atoms with Gasteiger partial charge in [-0.25, -0.2) is 0 Å². The van der Waals surface area contributed by atoms with E-state index in [-0.39, 0.29) is 0 Å². The Labute approximate surface area is 117 Å². The predicted molar refractivity (Wildman–Crippen MR) is 82.4 cm³/mol. The Balaban J connectivity index is 1.96. The van der Waals surface area contributed by atoms with E-state index >= 15 is 0 Å². The van der Waals surface area contributed by atoms with Crippen LogP contribution in [0.4, 0.5) is 17.1 Å². The molecule has 4 nitrogen and oxygen atoms in total. The molecule has 0 amide bonds. The van der Waals surface area contributed by atoms with Crippen LogP contribution in [-0.4, -0.2) is 12.1 Å². The summed E-state index contributed by atoms with van der Waals surface area (Å²) < 4.78 is 5.21. The number of nitrogen functional groups attached to an aromatic ring is 1. The third-order valence-corrected chi connectivity index (χ3v) is 3.14. The number of pyridine rings is 1. The van der Waals surface area contributed by atoms with E-state index in [1.807, 2.05) is 48.5 Å². The molecule has 0 atom stereocenters. The van der Waals surface area contributed by atoms with Gasteiger partial charge in [-0.05, 0) is 36.4 Å². The first-order valence-corrected chi connectivity index (χ1v) is 6.31. The zero-order valence-corrected chi connectivity index (χ0v) is 11.1. The molecule has 0 fully saturated rings. The maximum absolute atomic E-state index is 5.97. The fourth-order valence-electron chi connectivity index (χ4n) is 2.08. The van der Waals surface area contributed by atoms with Gasteiger partial charge in [-0.1, -0.05) is 6.07 Å². The predicted octanol–water partition coefficient (Wildman–Crippen LogP) is 3.57. The van der Waals surface area contributed by atoms with Crippen molar-refractivity contribution >= 4 is 28.0 Å². The minimum Gasteiger partial charge on any atom is -0.497 e. The van der Waals surface area contributed by atoms with Gasteiger partial charge in [0.15, 0.2) is 0 Å². The van der Waals surface area contributed by atoms with E-state index < -0.39 is 0 Å². The van der Waals surface area contributed by atoms with E-state index in [2.05, 4.69) is 10.3 Å². The smallest absolute Gasteiger partial charge is 0.121 e. The van der Waals surface area contributed by atoms with Crippen molar-refractivity contribution in [3.8, 4) is 5.75 Å². The number of ether oxygens (including phenoxy) is 1. The van der Waals surface area contributed by atoms with E-state index in [4.69, 9.17) is 10.5 Å². The summed E-state index contributed by atoms with van der Waals surface area (Å²) in [6.07, 6.45) is 1.79. The average molecular weight is 265 g/mol. The van der Waals surface area contributed by atoms with Crippen molar-refractivity contribution in [3.63, 3.8) is 0 Å². The third-order valence-electron chi connectivity index (χ3n) is 3.14. The van der Waals surface area contributed by atoms with Gasteiger partial charge in [-0.2, -0.15) is 0 Å². The van der Waals surface area contributed by atoms with Crippen molar-refractivity contribution in [3.05, 3.63) is 54.7 Å². The zero-order valence-electron chi connectivity index (χ0n) is 11.1. The maximum Gasteiger partial charge on any atom is 0.121 e. The molecule has 0 saturated heterocycles. The van der Waals surface area contributed by atoms with Gasteiger partial charge in [0.2, 0.25) is 0 Å². The summed E-state index contributed by atoms with van der Waals surface area (Å²) in [6, 6.07) is 15.5. The number of nitrogens with zero attached hydrogens (tertiary/aromatic N) is 1. The van der Waals surface area contributed by atoms with Gasteiger partial charge < -0.3 is 15.8 Å². The van der Waals surface area contributed by atoms with Crippen molar-refractivity contribution in [2.24, 2.45) is 0 Å². The summed E-state index contributed by atoms with van der Waals surface area (Å²) in [6.45, 7) is 0. The zero-order chi connectivity index (χ0) is 13.9. The summed E-state index contributed by atoms with van der Waals surface area (Å²) >= 11 is 0. The van der Waals surface area contributed by atoms with Crippen LogP contribution < -0.4 is 15.8 Å². The number of anilines is 3. The molecular formula is C16H15N3O. The number of methoxy groups -OCH3 is 1. The first-order chi connectivity index (χ1) is 9.76. The fraction of sp³-hybridized carbons (Fsp3) is 0.0625. The molecule has 0 bridgehead atoms. The summed E-state index contributed by atoms with van der Waals surface area (Å²) in [4.78, 5) is 4.30. The van der Waals surface area contributed by atoms with Crippen LogP contribution in [0.25, 0.3) is 10.9 Å². The monoisotopic (exact) mass is 265 g/mol. The molecule has 2 aromatic carbocycles. The third kappa shape index (κ3) is 2.36. The van der Waals surface area contributed by atoms with Gasteiger partial charge in [0.05, 0.1) is 24.0 Å². The number of aromatic nitrogens is 1. The number of hydrogen-bond donors (Lipinski definition) is 2. The Morgan fingerprint density at radius 1 is 1.10 bits per heavy atom. The molecule has 3 rings (SSSR count). The van der Waals surface area contributed by atoms with E-state index in [1.54, 1.807) is 13.3 Å². The second kappa shape index (κ2) is 5.09. The lowest BCUT2D eigenvalue weighted by Crippen LogP contribution is -1.97. The highest BCUT2D eigenvalue weighted by Gasteiger charge is 2.03. The van der Waals surface area contributed by atoms with Crippen molar-refractivity contribution in [1.29, 1.82) is 0 Å². The minimum absolute atomic E-state index is 0.678. The Hall–Kier alpha value is -2.75. The lowest BCUT2D eigenvalue weighted by molar-refractivity contribution is 0.415. The molecule has 0 saturated carbocycles. The van der Waals surface area contributed by atoms with Gasteiger partial charge in [0.1, 0.15) is 5.75 Å². The molecule has 4 heteroatoms. The van der Waals surface area contributed by atoms with E-state index in [9.17, 15) is 0 Å². The lowest BCUT2D eigenvalue weighted by atomic mass is 10.2. The fourth-order valence-corrected chi connectivity index (χ4v) is 2.08. The first kappa shape index (κ1) is 12.3. The highest BCUT2D eigenvalue weighted by molar-refractivity contribution is 5.84. The van der Waals surface area contributed by atoms with Crippen LogP contribution >= 0.6 is 0 Å². The van der Waals surface area contributed by atoms with Crippen molar-refractivity contribution in [2.45, 2.75) is 0 Å². The number of nitrogens with one attached hydrogen (secondary N) is 1. The van der Waals surface area contributed by atoms with Crippen LogP contribution in [0, 0.1) is 0 Å². The molecular weight excluding hydrogens is 250 g/mol. The van der Waals surface area contributed by atoms with Crippen LogP contribution in [0.5, 0.6) is 5.75 Å². The Bertz CT molecular complexity index is 756. The van der Waals surface area contributed by atoms with Crippen molar-refractivity contribution in [1.82, 2.24) is 4.98 Å². The van der Waals surface area contributed by atoms with Crippen LogP contribution in [0.1, 0.15) is 0 Å². The van der Waals surface area contributed by atoms with Gasteiger partial charge in [0, 0.05) is 23.3 Å². The lowest BCUT2D eigenvalue weighted by Gasteiger charge is -2.11. The summed E-state index contributed by atoms with van der Waals surface area (Å²) in [5, 5.41) is 4.39. The summed E-state index contributed by atoms with van der Waals surface area (Å²) in [5.41, 5.74) is 9.41. The van der Waals surface area contributed by atoms with Gasteiger partial charge in [-0.3, -0.25) is 4.98 Å². The topological polar surface area (TPSA) is 60.2 Å². The van der Waals surface area contributed by atoms with Crippen molar-refractivity contribution < 1.29 is 4.74 Å². The molecule has 100 valence electrons. The average Bonchev–Trinajstić information content (AvgIpc) is 2.49.